The number of nitrogens with one attached hydrogen (secondary N) is 2. The Balaban J connectivity index is 0.00000243. The summed E-state index contributed by atoms with van der Waals surface area (Å²) >= 11 is 0. The zero-order valence-electron chi connectivity index (χ0n) is 15.0. The van der Waals surface area contributed by atoms with Gasteiger partial charge in [-0.1, -0.05) is 30.3 Å². The van der Waals surface area contributed by atoms with E-state index in [9.17, 15) is 4.39 Å². The van der Waals surface area contributed by atoms with E-state index in [4.69, 9.17) is 4.74 Å². The minimum absolute atomic E-state index is 0. The Kier molecular flexibility index (Phi) is 7.68. The van der Waals surface area contributed by atoms with Gasteiger partial charge in [0, 0.05) is 25.6 Å². The Hall–Kier alpha value is -1.83. The number of rotatable bonds is 6. The molecule has 0 radical (unpaired) electrons. The lowest BCUT2D eigenvalue weighted by Gasteiger charge is -2.12. The Morgan fingerprint density at radius 2 is 1.92 bits per heavy atom. The van der Waals surface area contributed by atoms with Gasteiger partial charge in [0.25, 0.3) is 0 Å². The number of benzene rings is 2. The van der Waals surface area contributed by atoms with Crippen molar-refractivity contribution in [3.8, 4) is 5.75 Å². The minimum atomic E-state index is -0.126. The van der Waals surface area contributed by atoms with Gasteiger partial charge in [-0.15, -0.1) is 24.0 Å². The Labute approximate surface area is 171 Å². The van der Waals surface area contributed by atoms with Gasteiger partial charge in [-0.2, -0.15) is 0 Å². The van der Waals surface area contributed by atoms with Gasteiger partial charge in [-0.05, 0) is 42.2 Å². The molecule has 0 aromatic heterocycles. The van der Waals surface area contributed by atoms with E-state index in [1.54, 1.807) is 20.2 Å². The first-order valence-corrected chi connectivity index (χ1v) is 8.56. The molecule has 0 heterocycles. The SMILES string of the molecule is CN=C(NCCc1ccc(OC)cc1)NC1CC1c1ccccc1F.I. The van der Waals surface area contributed by atoms with Crippen LogP contribution in [0.5, 0.6) is 5.75 Å². The van der Waals surface area contributed by atoms with Crippen LogP contribution in [-0.2, 0) is 6.42 Å². The largest absolute Gasteiger partial charge is 0.497 e. The van der Waals surface area contributed by atoms with Gasteiger partial charge >= 0.3 is 0 Å². The third-order valence-electron chi connectivity index (χ3n) is 4.51. The summed E-state index contributed by atoms with van der Waals surface area (Å²) in [6.45, 7) is 0.781. The van der Waals surface area contributed by atoms with Crippen LogP contribution in [-0.4, -0.2) is 32.7 Å². The minimum Gasteiger partial charge on any atom is -0.497 e. The molecular formula is C20H25FIN3O. The van der Waals surface area contributed by atoms with Crippen LogP contribution in [0, 0.1) is 5.82 Å². The summed E-state index contributed by atoms with van der Waals surface area (Å²) in [6, 6.07) is 15.3. The predicted molar refractivity (Wildman–Crippen MR) is 114 cm³/mol. The number of nitrogens with zero attached hydrogens (tertiary/aromatic N) is 1. The normalized spacial score (nSPS) is 18.7. The molecule has 0 amide bonds. The van der Waals surface area contributed by atoms with Crippen LogP contribution in [0.3, 0.4) is 0 Å². The summed E-state index contributed by atoms with van der Waals surface area (Å²) in [5.74, 6) is 1.72. The zero-order chi connectivity index (χ0) is 17.6. The van der Waals surface area contributed by atoms with Crippen molar-refractivity contribution in [3.63, 3.8) is 0 Å². The van der Waals surface area contributed by atoms with Gasteiger partial charge in [0.05, 0.1) is 7.11 Å². The highest BCUT2D eigenvalue weighted by Gasteiger charge is 2.40. The van der Waals surface area contributed by atoms with Gasteiger partial charge in [0.1, 0.15) is 11.6 Å². The Bertz CT molecular complexity index is 736. The number of hydrogen-bond acceptors (Lipinski definition) is 2. The fourth-order valence-corrected chi connectivity index (χ4v) is 2.96. The van der Waals surface area contributed by atoms with Gasteiger partial charge < -0.3 is 15.4 Å². The molecule has 3 rings (SSSR count). The number of guanidine groups is 1. The molecule has 1 aliphatic carbocycles. The summed E-state index contributed by atoms with van der Waals surface area (Å²) in [4.78, 5) is 4.26. The molecule has 1 aliphatic rings. The highest BCUT2D eigenvalue weighted by Crippen LogP contribution is 2.41. The van der Waals surface area contributed by atoms with E-state index >= 15 is 0 Å². The monoisotopic (exact) mass is 469 g/mol. The third kappa shape index (κ3) is 5.33. The van der Waals surface area contributed by atoms with E-state index in [-0.39, 0.29) is 41.8 Å². The lowest BCUT2D eigenvalue weighted by molar-refractivity contribution is 0.414. The molecule has 0 aliphatic heterocycles. The summed E-state index contributed by atoms with van der Waals surface area (Å²) < 4.78 is 19.0. The molecule has 6 heteroatoms. The van der Waals surface area contributed by atoms with Crippen molar-refractivity contribution in [2.75, 3.05) is 20.7 Å². The van der Waals surface area contributed by atoms with Crippen molar-refractivity contribution in [2.24, 2.45) is 4.99 Å². The maximum atomic E-state index is 13.8. The molecule has 1 saturated carbocycles. The second kappa shape index (κ2) is 9.75. The Morgan fingerprint density at radius 1 is 1.19 bits per heavy atom. The molecular weight excluding hydrogens is 444 g/mol. The lowest BCUT2D eigenvalue weighted by Crippen LogP contribution is -2.39. The summed E-state index contributed by atoms with van der Waals surface area (Å²) in [5.41, 5.74) is 2.02. The van der Waals surface area contributed by atoms with Crippen molar-refractivity contribution >= 4 is 29.9 Å². The second-order valence-electron chi connectivity index (χ2n) is 6.21. The highest BCUT2D eigenvalue weighted by atomic mass is 127. The first kappa shape index (κ1) is 20.5. The van der Waals surface area contributed by atoms with Crippen molar-refractivity contribution in [1.29, 1.82) is 0 Å². The van der Waals surface area contributed by atoms with Crippen molar-refractivity contribution in [2.45, 2.75) is 24.8 Å². The highest BCUT2D eigenvalue weighted by molar-refractivity contribution is 14.0. The molecule has 1 fully saturated rings. The Morgan fingerprint density at radius 3 is 2.58 bits per heavy atom. The van der Waals surface area contributed by atoms with Crippen LogP contribution < -0.4 is 15.4 Å². The fourth-order valence-electron chi connectivity index (χ4n) is 2.96. The quantitative estimate of drug-likeness (QED) is 0.385. The van der Waals surface area contributed by atoms with Crippen LogP contribution in [0.4, 0.5) is 4.39 Å². The molecule has 2 N–H and O–H groups in total. The van der Waals surface area contributed by atoms with E-state index < -0.39 is 0 Å². The van der Waals surface area contributed by atoms with Crippen molar-refractivity contribution < 1.29 is 9.13 Å². The molecule has 26 heavy (non-hydrogen) atoms. The average molecular weight is 469 g/mol. The fraction of sp³-hybridized carbons (Fsp3) is 0.350. The van der Waals surface area contributed by atoms with Crippen LogP contribution in [0.2, 0.25) is 0 Å². The van der Waals surface area contributed by atoms with E-state index in [1.165, 1.54) is 11.6 Å². The summed E-state index contributed by atoms with van der Waals surface area (Å²) in [6.07, 6.45) is 1.83. The molecule has 2 unspecified atom stereocenters. The molecule has 140 valence electrons. The number of halogens is 2. The van der Waals surface area contributed by atoms with E-state index in [1.807, 2.05) is 24.3 Å². The third-order valence-corrected chi connectivity index (χ3v) is 4.51. The molecule has 2 atom stereocenters. The number of hydrogen-bond donors (Lipinski definition) is 2. The molecule has 2 aromatic rings. The number of aliphatic imine (C=N–C) groups is 1. The van der Waals surface area contributed by atoms with Crippen LogP contribution >= 0.6 is 24.0 Å². The molecule has 4 nitrogen and oxygen atoms in total. The smallest absolute Gasteiger partial charge is 0.191 e. The first-order chi connectivity index (χ1) is 12.2. The van der Waals surface area contributed by atoms with E-state index in [2.05, 4.69) is 27.8 Å². The summed E-state index contributed by atoms with van der Waals surface area (Å²) in [7, 11) is 3.42. The van der Waals surface area contributed by atoms with Crippen LogP contribution in [0.1, 0.15) is 23.5 Å². The van der Waals surface area contributed by atoms with Crippen LogP contribution in [0.25, 0.3) is 0 Å². The average Bonchev–Trinajstić information content (AvgIpc) is 3.40. The topological polar surface area (TPSA) is 45.7 Å². The maximum absolute atomic E-state index is 13.8. The van der Waals surface area contributed by atoms with Gasteiger partial charge in [-0.3, -0.25) is 4.99 Å². The van der Waals surface area contributed by atoms with Gasteiger partial charge in [0.15, 0.2) is 5.96 Å². The molecule has 0 bridgehead atoms. The number of ether oxygens (including phenoxy) is 1. The summed E-state index contributed by atoms with van der Waals surface area (Å²) in [5, 5.41) is 6.69. The van der Waals surface area contributed by atoms with Crippen LogP contribution in [0.15, 0.2) is 53.5 Å². The molecule has 0 saturated heterocycles. The second-order valence-corrected chi connectivity index (χ2v) is 6.21. The van der Waals surface area contributed by atoms with Crippen molar-refractivity contribution in [3.05, 3.63) is 65.5 Å². The van der Waals surface area contributed by atoms with Gasteiger partial charge in [-0.25, -0.2) is 4.39 Å². The zero-order valence-corrected chi connectivity index (χ0v) is 17.4. The van der Waals surface area contributed by atoms with E-state index in [0.29, 0.717) is 0 Å². The maximum Gasteiger partial charge on any atom is 0.191 e. The van der Waals surface area contributed by atoms with Crippen molar-refractivity contribution in [1.82, 2.24) is 10.6 Å². The number of methoxy groups -OCH3 is 1. The lowest BCUT2D eigenvalue weighted by atomic mass is 10.1. The molecule has 0 spiro atoms. The predicted octanol–water partition coefficient (Wildman–Crippen LogP) is 3.72. The standard InChI is InChI=1S/C20H24FN3O.HI/c1-22-20(23-12-11-14-7-9-15(25-2)10-8-14)24-19-13-17(19)16-5-3-4-6-18(16)21;/h3-10,17,19H,11-13H2,1-2H3,(H2,22,23,24);1H. The molecule has 2 aromatic carbocycles. The van der Waals surface area contributed by atoms with Gasteiger partial charge in [0.2, 0.25) is 0 Å². The first-order valence-electron chi connectivity index (χ1n) is 8.56. The van der Waals surface area contributed by atoms with E-state index in [0.717, 1.165) is 36.7 Å².